The van der Waals surface area contributed by atoms with E-state index < -0.39 is 5.60 Å². The molecule has 0 aliphatic rings. The molecule has 0 aliphatic carbocycles. The molecule has 0 aromatic carbocycles. The van der Waals surface area contributed by atoms with Crippen molar-refractivity contribution in [2.75, 3.05) is 0 Å². The predicted octanol–water partition coefficient (Wildman–Crippen LogP) is 2.61. The topological polar surface area (TPSA) is 20.2 Å². The molecule has 0 bridgehead atoms. The van der Waals surface area contributed by atoms with Gasteiger partial charge in [0.25, 0.3) is 0 Å². The molecule has 1 unspecified atom stereocenters. The maximum Gasteiger partial charge on any atom is 0.0929 e. The molecular weight excluding hydrogens is 192 g/mol. The summed E-state index contributed by atoms with van der Waals surface area (Å²) in [5, 5.41) is 9.53. The smallest absolute Gasteiger partial charge is 0.0929 e. The minimum absolute atomic E-state index is 0.627. The minimum Gasteiger partial charge on any atom is -0.385 e. The van der Waals surface area contributed by atoms with Gasteiger partial charge in [0.05, 0.1) is 5.60 Å². The lowest BCUT2D eigenvalue weighted by atomic mass is 10.0. The molecule has 0 aliphatic heterocycles. The highest BCUT2D eigenvalue weighted by Gasteiger charge is 2.20. The lowest BCUT2D eigenvalue weighted by Crippen LogP contribution is -2.23. The van der Waals surface area contributed by atoms with Crippen LogP contribution in [0.1, 0.15) is 19.8 Å². The minimum atomic E-state index is -0.797. The number of halogens is 1. The predicted molar refractivity (Wildman–Crippen MR) is 48.1 cm³/mol. The van der Waals surface area contributed by atoms with Crippen molar-refractivity contribution in [1.29, 1.82) is 0 Å². The summed E-state index contributed by atoms with van der Waals surface area (Å²) in [6.45, 7) is 8.91. The van der Waals surface area contributed by atoms with Crippen molar-refractivity contribution < 1.29 is 5.11 Å². The van der Waals surface area contributed by atoms with E-state index in [1.54, 1.807) is 13.0 Å². The van der Waals surface area contributed by atoms with Crippen LogP contribution in [0.2, 0.25) is 0 Å². The van der Waals surface area contributed by atoms with Crippen LogP contribution in [-0.2, 0) is 0 Å². The zero-order valence-electron chi connectivity index (χ0n) is 6.23. The van der Waals surface area contributed by atoms with Gasteiger partial charge in [-0.25, -0.2) is 0 Å². The monoisotopic (exact) mass is 204 g/mol. The Morgan fingerprint density at radius 1 is 1.80 bits per heavy atom. The van der Waals surface area contributed by atoms with Gasteiger partial charge in [0.2, 0.25) is 0 Å². The summed E-state index contributed by atoms with van der Waals surface area (Å²) in [6, 6.07) is 0. The summed E-state index contributed by atoms with van der Waals surface area (Å²) >= 11 is 3.15. The van der Waals surface area contributed by atoms with E-state index in [2.05, 4.69) is 29.1 Å². The summed E-state index contributed by atoms with van der Waals surface area (Å²) in [5.41, 5.74) is -0.797. The van der Waals surface area contributed by atoms with Crippen LogP contribution in [0.25, 0.3) is 0 Å². The van der Waals surface area contributed by atoms with Gasteiger partial charge in [0, 0.05) is 4.48 Å². The molecule has 0 amide bonds. The Kier molecular flexibility index (Phi) is 3.91. The second-order valence-corrected chi connectivity index (χ2v) is 3.46. The van der Waals surface area contributed by atoms with Crippen LogP contribution < -0.4 is 0 Å². The van der Waals surface area contributed by atoms with E-state index in [4.69, 9.17) is 0 Å². The fraction of sp³-hybridized carbons (Fsp3) is 0.500. The second-order valence-electron chi connectivity index (χ2n) is 2.51. The van der Waals surface area contributed by atoms with Gasteiger partial charge < -0.3 is 5.11 Å². The number of hydrogen-bond donors (Lipinski definition) is 1. The van der Waals surface area contributed by atoms with Gasteiger partial charge in [-0.15, -0.1) is 6.58 Å². The van der Waals surface area contributed by atoms with Gasteiger partial charge in [-0.05, 0) is 19.8 Å². The molecule has 10 heavy (non-hydrogen) atoms. The van der Waals surface area contributed by atoms with E-state index in [1.807, 2.05) is 0 Å². The molecule has 0 spiro atoms. The fourth-order valence-corrected chi connectivity index (χ4v) is 0.717. The van der Waals surface area contributed by atoms with E-state index in [0.717, 1.165) is 6.42 Å². The standard InChI is InChI=1S/C8H13BrO/c1-4-5-6-8(3,10)7(2)9/h4,10H,1-2,5-6H2,3H3. The molecule has 0 aromatic rings. The number of allylic oxidation sites excluding steroid dienone is 1. The molecule has 0 fully saturated rings. The molecule has 0 saturated carbocycles. The first-order valence-corrected chi connectivity index (χ1v) is 3.98. The van der Waals surface area contributed by atoms with Gasteiger partial charge in [0.15, 0.2) is 0 Å². The van der Waals surface area contributed by atoms with Crippen molar-refractivity contribution in [3.8, 4) is 0 Å². The summed E-state index contributed by atoms with van der Waals surface area (Å²) in [4.78, 5) is 0. The normalized spacial score (nSPS) is 15.9. The molecule has 1 N–H and O–H groups in total. The quantitative estimate of drug-likeness (QED) is 0.699. The molecule has 0 heterocycles. The van der Waals surface area contributed by atoms with Crippen molar-refractivity contribution in [3.63, 3.8) is 0 Å². The zero-order valence-corrected chi connectivity index (χ0v) is 7.82. The average molecular weight is 205 g/mol. The maximum atomic E-state index is 9.53. The van der Waals surface area contributed by atoms with Crippen molar-refractivity contribution >= 4 is 15.9 Å². The first-order chi connectivity index (χ1) is 4.50. The Hall–Kier alpha value is -0.0800. The SMILES string of the molecule is C=CCCC(C)(O)C(=C)Br. The van der Waals surface area contributed by atoms with Gasteiger partial charge in [-0.1, -0.05) is 28.6 Å². The van der Waals surface area contributed by atoms with Crippen LogP contribution in [0.5, 0.6) is 0 Å². The summed E-state index contributed by atoms with van der Waals surface area (Å²) in [6.07, 6.45) is 3.25. The van der Waals surface area contributed by atoms with E-state index in [0.29, 0.717) is 10.9 Å². The van der Waals surface area contributed by atoms with Gasteiger partial charge in [-0.3, -0.25) is 0 Å². The van der Waals surface area contributed by atoms with Crippen LogP contribution in [0.15, 0.2) is 23.7 Å². The van der Waals surface area contributed by atoms with Crippen molar-refractivity contribution in [3.05, 3.63) is 23.7 Å². The first kappa shape index (κ1) is 9.92. The Labute approximate surface area is 70.6 Å². The van der Waals surface area contributed by atoms with Gasteiger partial charge in [0.1, 0.15) is 0 Å². The molecule has 58 valence electrons. The molecule has 0 saturated heterocycles. The fourth-order valence-electron chi connectivity index (χ4n) is 0.519. The summed E-state index contributed by atoms with van der Waals surface area (Å²) in [7, 11) is 0. The van der Waals surface area contributed by atoms with E-state index >= 15 is 0 Å². The molecular formula is C8H13BrO. The first-order valence-electron chi connectivity index (χ1n) is 3.19. The Morgan fingerprint density at radius 2 is 2.30 bits per heavy atom. The van der Waals surface area contributed by atoms with Crippen molar-refractivity contribution in [2.24, 2.45) is 0 Å². The lowest BCUT2D eigenvalue weighted by molar-refractivity contribution is 0.100. The van der Waals surface area contributed by atoms with Crippen molar-refractivity contribution in [1.82, 2.24) is 0 Å². The highest BCUT2D eigenvalue weighted by Crippen LogP contribution is 2.25. The Morgan fingerprint density at radius 3 is 2.60 bits per heavy atom. The van der Waals surface area contributed by atoms with Crippen LogP contribution in [0, 0.1) is 0 Å². The summed E-state index contributed by atoms with van der Waals surface area (Å²) < 4.78 is 0.627. The van der Waals surface area contributed by atoms with Crippen molar-refractivity contribution in [2.45, 2.75) is 25.4 Å². The van der Waals surface area contributed by atoms with E-state index in [-0.39, 0.29) is 0 Å². The second kappa shape index (κ2) is 3.94. The molecule has 0 aromatic heterocycles. The molecule has 2 heteroatoms. The van der Waals surface area contributed by atoms with Crippen LogP contribution in [0.3, 0.4) is 0 Å². The Bertz CT molecular complexity index is 138. The zero-order chi connectivity index (χ0) is 8.20. The third kappa shape index (κ3) is 3.18. The maximum absolute atomic E-state index is 9.53. The molecule has 1 atom stereocenters. The van der Waals surface area contributed by atoms with E-state index in [1.165, 1.54) is 0 Å². The third-order valence-electron chi connectivity index (χ3n) is 1.42. The van der Waals surface area contributed by atoms with Crippen LogP contribution >= 0.6 is 15.9 Å². The lowest BCUT2D eigenvalue weighted by Gasteiger charge is -2.20. The number of rotatable bonds is 4. The van der Waals surface area contributed by atoms with Crippen LogP contribution in [0.4, 0.5) is 0 Å². The summed E-state index contributed by atoms with van der Waals surface area (Å²) in [5.74, 6) is 0. The Balaban J connectivity index is 3.86. The highest BCUT2D eigenvalue weighted by molar-refractivity contribution is 9.11. The largest absolute Gasteiger partial charge is 0.385 e. The van der Waals surface area contributed by atoms with E-state index in [9.17, 15) is 5.11 Å². The highest BCUT2D eigenvalue weighted by atomic mass is 79.9. The van der Waals surface area contributed by atoms with Gasteiger partial charge >= 0.3 is 0 Å². The third-order valence-corrected chi connectivity index (χ3v) is 2.27. The van der Waals surface area contributed by atoms with Gasteiger partial charge in [-0.2, -0.15) is 0 Å². The molecule has 0 radical (unpaired) electrons. The average Bonchev–Trinajstić information content (AvgIpc) is 1.84. The number of hydrogen-bond acceptors (Lipinski definition) is 1. The number of aliphatic hydroxyl groups is 1. The molecule has 0 rings (SSSR count). The van der Waals surface area contributed by atoms with Crippen LogP contribution in [-0.4, -0.2) is 10.7 Å². The molecule has 1 nitrogen and oxygen atoms in total.